The molecule has 0 unspecified atom stereocenters. The van der Waals surface area contributed by atoms with Crippen molar-refractivity contribution in [3.63, 3.8) is 0 Å². The van der Waals surface area contributed by atoms with Crippen LogP contribution in [0.3, 0.4) is 0 Å². The second kappa shape index (κ2) is 5.10. The van der Waals surface area contributed by atoms with Crippen LogP contribution in [0.4, 0.5) is 0 Å². The molecule has 1 aromatic rings. The summed E-state index contributed by atoms with van der Waals surface area (Å²) >= 11 is 0. The Morgan fingerprint density at radius 3 is 2.56 bits per heavy atom. The van der Waals surface area contributed by atoms with Gasteiger partial charge in [0.15, 0.2) is 0 Å². The van der Waals surface area contributed by atoms with Crippen LogP contribution in [-0.4, -0.2) is 12.8 Å². The Bertz CT molecular complexity index is 376. The van der Waals surface area contributed by atoms with Crippen molar-refractivity contribution in [2.75, 3.05) is 7.05 Å². The van der Waals surface area contributed by atoms with Crippen molar-refractivity contribution in [3.8, 4) is 0 Å². The Balaban J connectivity index is 0.000000963. The van der Waals surface area contributed by atoms with E-state index in [1.807, 2.05) is 13.1 Å². The van der Waals surface area contributed by atoms with Gasteiger partial charge in [-0.25, -0.2) is 0 Å². The number of aliphatic imine (C=N–C) groups is 1. The van der Waals surface area contributed by atoms with Crippen molar-refractivity contribution in [1.29, 1.82) is 0 Å². The summed E-state index contributed by atoms with van der Waals surface area (Å²) in [5.74, 6) is 1.45. The van der Waals surface area contributed by atoms with Crippen LogP contribution < -0.4 is 0 Å². The summed E-state index contributed by atoms with van der Waals surface area (Å²) in [6, 6.07) is 9.65. The monoisotopic (exact) mass is 287 g/mol. The predicted molar refractivity (Wildman–Crippen MR) is 62.3 cm³/mol. The number of rotatable bonds is 0. The summed E-state index contributed by atoms with van der Waals surface area (Å²) in [6.07, 6.45) is 5.07. The van der Waals surface area contributed by atoms with Crippen LogP contribution >= 0.6 is 0 Å². The first-order chi connectivity index (χ1) is 7.38. The minimum atomic E-state index is 0. The molecule has 1 radical (unpaired) electrons. The van der Waals surface area contributed by atoms with Crippen molar-refractivity contribution in [3.05, 3.63) is 35.4 Å². The van der Waals surface area contributed by atoms with E-state index in [1.165, 1.54) is 42.5 Å². The molecule has 0 saturated heterocycles. The molecule has 2 bridgehead atoms. The van der Waals surface area contributed by atoms with E-state index in [-0.39, 0.29) is 32.7 Å². The Hall–Kier alpha value is -0.00610. The first kappa shape index (κ1) is 12.5. The summed E-state index contributed by atoms with van der Waals surface area (Å²) < 4.78 is 0. The van der Waals surface area contributed by atoms with E-state index in [0.29, 0.717) is 0 Å². The van der Waals surface area contributed by atoms with Gasteiger partial charge in [-0.3, -0.25) is 4.99 Å². The molecule has 81 valence electrons. The summed E-state index contributed by atoms with van der Waals surface area (Å²) in [7, 11) is 1.96. The van der Waals surface area contributed by atoms with Crippen LogP contribution in [0.2, 0.25) is 0 Å². The molecule has 1 aromatic carbocycles. The standard InChI is InChI=1S/C14H16N.Y/c1-15-14-12-6-7-13(14)9-11-5-3-2-4-10(11)8-12;/h2,4-5,12-13H,6-9H2,1H3;/q-1;/t12-,13+;/m0./s1. The van der Waals surface area contributed by atoms with Crippen molar-refractivity contribution in [2.45, 2.75) is 25.7 Å². The molecule has 0 aromatic heterocycles. The van der Waals surface area contributed by atoms with E-state index >= 15 is 0 Å². The summed E-state index contributed by atoms with van der Waals surface area (Å²) in [5.41, 5.74) is 4.51. The fraction of sp³-hybridized carbons (Fsp3) is 0.500. The second-order valence-electron chi connectivity index (χ2n) is 4.72. The molecule has 0 N–H and O–H groups in total. The van der Waals surface area contributed by atoms with Gasteiger partial charge in [-0.15, -0.1) is 0 Å². The predicted octanol–water partition coefficient (Wildman–Crippen LogP) is 2.68. The fourth-order valence-corrected chi connectivity index (χ4v) is 3.23. The van der Waals surface area contributed by atoms with Crippen LogP contribution in [0.25, 0.3) is 0 Å². The van der Waals surface area contributed by atoms with Gasteiger partial charge in [-0.1, -0.05) is 6.42 Å². The van der Waals surface area contributed by atoms with Crippen LogP contribution in [-0.2, 0) is 45.6 Å². The van der Waals surface area contributed by atoms with Crippen molar-refractivity contribution in [1.82, 2.24) is 0 Å². The molecule has 0 spiro atoms. The normalized spacial score (nSPS) is 29.4. The number of benzene rings is 1. The second-order valence-corrected chi connectivity index (χ2v) is 4.72. The van der Waals surface area contributed by atoms with Crippen molar-refractivity contribution < 1.29 is 32.7 Å². The smallest absolute Gasteiger partial charge is 0.0276 e. The maximum Gasteiger partial charge on any atom is 0.0276 e. The van der Waals surface area contributed by atoms with E-state index in [0.717, 1.165) is 11.8 Å². The third-order valence-electron chi connectivity index (χ3n) is 3.94. The Kier molecular flexibility index (Phi) is 3.97. The molecule has 2 aliphatic carbocycles. The Labute approximate surface area is 123 Å². The average molecular weight is 287 g/mol. The molecule has 1 nitrogen and oxygen atoms in total. The van der Waals surface area contributed by atoms with E-state index in [4.69, 9.17) is 0 Å². The number of nitrogens with zero attached hydrogens (tertiary/aromatic N) is 1. The number of fused-ring (bicyclic) bond motifs is 3. The molecular weight excluding hydrogens is 271 g/mol. The van der Waals surface area contributed by atoms with E-state index in [9.17, 15) is 0 Å². The molecule has 16 heavy (non-hydrogen) atoms. The third-order valence-corrected chi connectivity index (χ3v) is 3.94. The zero-order valence-electron chi connectivity index (χ0n) is 9.74. The molecular formula is C14H16NY-. The van der Waals surface area contributed by atoms with Gasteiger partial charge in [0.25, 0.3) is 0 Å². The third kappa shape index (κ3) is 2.04. The average Bonchev–Trinajstić information content (AvgIpc) is 2.54. The minimum absolute atomic E-state index is 0. The van der Waals surface area contributed by atoms with Crippen molar-refractivity contribution in [2.24, 2.45) is 16.8 Å². The zero-order chi connectivity index (χ0) is 10.3. The summed E-state index contributed by atoms with van der Waals surface area (Å²) in [5, 5.41) is 0. The maximum atomic E-state index is 4.52. The SMILES string of the molecule is CN=C1[C@@H]2CC[C@H]1Cc1cc[c-]cc1C2.[Y]. The Morgan fingerprint density at radius 2 is 1.88 bits per heavy atom. The summed E-state index contributed by atoms with van der Waals surface area (Å²) in [6.45, 7) is 0. The molecule has 1 saturated carbocycles. The van der Waals surface area contributed by atoms with Crippen LogP contribution in [0.1, 0.15) is 24.0 Å². The topological polar surface area (TPSA) is 12.4 Å². The number of hydrogen-bond acceptors (Lipinski definition) is 1. The molecule has 2 aliphatic rings. The summed E-state index contributed by atoms with van der Waals surface area (Å²) in [4.78, 5) is 4.52. The number of hydrogen-bond donors (Lipinski definition) is 0. The molecule has 2 atom stereocenters. The quantitative estimate of drug-likeness (QED) is 0.651. The zero-order valence-corrected chi connectivity index (χ0v) is 12.6. The van der Waals surface area contributed by atoms with Gasteiger partial charge in [0.2, 0.25) is 0 Å². The van der Waals surface area contributed by atoms with Gasteiger partial charge >= 0.3 is 0 Å². The largest absolute Gasteiger partial charge is 0.297 e. The van der Waals surface area contributed by atoms with Gasteiger partial charge in [-0.2, -0.15) is 35.4 Å². The van der Waals surface area contributed by atoms with Gasteiger partial charge in [0, 0.05) is 45.5 Å². The van der Waals surface area contributed by atoms with Gasteiger partial charge < -0.3 is 0 Å². The molecule has 0 heterocycles. The van der Waals surface area contributed by atoms with Gasteiger partial charge in [-0.05, 0) is 31.1 Å². The molecule has 3 rings (SSSR count). The maximum absolute atomic E-state index is 4.52. The van der Waals surface area contributed by atoms with E-state index in [1.54, 1.807) is 0 Å². The van der Waals surface area contributed by atoms with Gasteiger partial charge in [0.1, 0.15) is 0 Å². The van der Waals surface area contributed by atoms with Crippen LogP contribution in [0.5, 0.6) is 0 Å². The molecule has 1 fully saturated rings. The Morgan fingerprint density at radius 1 is 1.19 bits per heavy atom. The minimum Gasteiger partial charge on any atom is -0.297 e. The van der Waals surface area contributed by atoms with Crippen molar-refractivity contribution >= 4 is 5.71 Å². The molecule has 2 heteroatoms. The van der Waals surface area contributed by atoms with E-state index in [2.05, 4.69) is 23.2 Å². The van der Waals surface area contributed by atoms with E-state index < -0.39 is 0 Å². The first-order valence-corrected chi connectivity index (χ1v) is 5.83. The molecule has 0 aliphatic heterocycles. The fourth-order valence-electron chi connectivity index (χ4n) is 3.23. The van der Waals surface area contributed by atoms with Gasteiger partial charge in [0.05, 0.1) is 0 Å². The van der Waals surface area contributed by atoms with Crippen LogP contribution in [0, 0.1) is 17.9 Å². The van der Waals surface area contributed by atoms with Crippen LogP contribution in [0.15, 0.2) is 23.2 Å². The first-order valence-electron chi connectivity index (χ1n) is 5.83. The molecule has 0 amide bonds.